The van der Waals surface area contributed by atoms with Crippen LogP contribution in [0.5, 0.6) is 0 Å². The number of anilines is 4. The molecule has 1 saturated carbocycles. The van der Waals surface area contributed by atoms with Crippen LogP contribution < -0.4 is 21.7 Å². The highest BCUT2D eigenvalue weighted by Crippen LogP contribution is 2.31. The van der Waals surface area contributed by atoms with Gasteiger partial charge in [0.2, 0.25) is 5.91 Å². The maximum Gasteiger partial charge on any atom is 0.271 e. The quantitative estimate of drug-likeness (QED) is 0.386. The molecule has 0 spiro atoms. The van der Waals surface area contributed by atoms with Crippen molar-refractivity contribution in [3.63, 3.8) is 0 Å². The third kappa shape index (κ3) is 6.07. The Bertz CT molecular complexity index is 1060. The summed E-state index contributed by atoms with van der Waals surface area (Å²) in [6, 6.07) is 5.55. The standard InChI is InChI=1S/C24H32N6O3/c1-5-17-22(26-15-9-11-24(4,33)12-10-15)30-23(20(29-17)21(25)32)27-16-8-7-14(3)18(13-16)28-19(31)6-2/h6-8,13,15,33H,2,5,9-12H2,1,3-4H3,(H2,25,32)(H,28,31)(H2,26,27,30)/t15-,24-. The van der Waals surface area contributed by atoms with E-state index in [1.165, 1.54) is 6.08 Å². The van der Waals surface area contributed by atoms with E-state index in [0.29, 0.717) is 42.1 Å². The van der Waals surface area contributed by atoms with Crippen LogP contribution in [0.2, 0.25) is 0 Å². The molecular formula is C24H32N6O3. The van der Waals surface area contributed by atoms with Gasteiger partial charge in [0.15, 0.2) is 11.5 Å². The lowest BCUT2D eigenvalue weighted by molar-refractivity contribution is -0.111. The first kappa shape index (κ1) is 24.2. The lowest BCUT2D eigenvalue weighted by atomic mass is 9.83. The number of benzene rings is 1. The number of hydrogen-bond donors (Lipinski definition) is 5. The van der Waals surface area contributed by atoms with E-state index in [0.717, 1.165) is 18.4 Å². The molecule has 9 heteroatoms. The summed E-state index contributed by atoms with van der Waals surface area (Å²) in [5, 5.41) is 19.5. The molecule has 1 aromatic heterocycles. The van der Waals surface area contributed by atoms with Crippen molar-refractivity contribution in [2.75, 3.05) is 16.0 Å². The first-order valence-corrected chi connectivity index (χ1v) is 11.1. The first-order chi connectivity index (χ1) is 15.6. The monoisotopic (exact) mass is 452 g/mol. The van der Waals surface area contributed by atoms with E-state index in [2.05, 4.69) is 32.5 Å². The molecule has 2 aromatic rings. The number of nitrogens with two attached hydrogens (primary N) is 1. The number of aliphatic hydroxyl groups is 1. The second-order valence-corrected chi connectivity index (χ2v) is 8.70. The van der Waals surface area contributed by atoms with Crippen LogP contribution in [0, 0.1) is 6.92 Å². The van der Waals surface area contributed by atoms with Crippen molar-refractivity contribution in [2.45, 2.75) is 64.5 Å². The normalized spacial score (nSPS) is 20.1. The lowest BCUT2D eigenvalue weighted by Crippen LogP contribution is -2.36. The molecule has 0 radical (unpaired) electrons. The third-order valence-electron chi connectivity index (χ3n) is 5.88. The van der Waals surface area contributed by atoms with Gasteiger partial charge < -0.3 is 26.8 Å². The predicted molar refractivity (Wildman–Crippen MR) is 130 cm³/mol. The number of primary amides is 1. The van der Waals surface area contributed by atoms with Crippen LogP contribution in [0.4, 0.5) is 23.0 Å². The molecule has 6 N–H and O–H groups in total. The molecule has 1 aromatic carbocycles. The molecule has 1 aliphatic carbocycles. The largest absolute Gasteiger partial charge is 0.390 e. The van der Waals surface area contributed by atoms with Crippen molar-refractivity contribution < 1.29 is 14.7 Å². The second kappa shape index (κ2) is 9.99. The summed E-state index contributed by atoms with van der Waals surface area (Å²) in [6.45, 7) is 9.14. The van der Waals surface area contributed by atoms with Gasteiger partial charge in [0.1, 0.15) is 5.82 Å². The summed E-state index contributed by atoms with van der Waals surface area (Å²) in [5.74, 6) is -0.191. The van der Waals surface area contributed by atoms with Crippen LogP contribution in [0.1, 0.15) is 61.3 Å². The molecule has 0 unspecified atom stereocenters. The molecule has 3 rings (SSSR count). The van der Waals surface area contributed by atoms with Crippen molar-refractivity contribution in [1.82, 2.24) is 9.97 Å². The predicted octanol–water partition coefficient (Wildman–Crippen LogP) is 3.42. The van der Waals surface area contributed by atoms with E-state index in [1.54, 1.807) is 6.07 Å². The molecule has 33 heavy (non-hydrogen) atoms. The van der Waals surface area contributed by atoms with E-state index in [-0.39, 0.29) is 23.5 Å². The summed E-state index contributed by atoms with van der Waals surface area (Å²) in [4.78, 5) is 33.0. The Morgan fingerprint density at radius 1 is 1.27 bits per heavy atom. The minimum Gasteiger partial charge on any atom is -0.390 e. The Hall–Kier alpha value is -3.46. The summed E-state index contributed by atoms with van der Waals surface area (Å²) in [5.41, 5.74) is 7.74. The van der Waals surface area contributed by atoms with Gasteiger partial charge in [-0.1, -0.05) is 19.6 Å². The number of carbonyl (C=O) groups is 2. The first-order valence-electron chi connectivity index (χ1n) is 11.1. The van der Waals surface area contributed by atoms with E-state index in [4.69, 9.17) is 5.73 Å². The number of hydrogen-bond acceptors (Lipinski definition) is 7. The molecule has 0 bridgehead atoms. The minimum absolute atomic E-state index is 0.0428. The van der Waals surface area contributed by atoms with Gasteiger partial charge in [0.05, 0.1) is 11.3 Å². The molecule has 2 amide bonds. The number of amides is 2. The Morgan fingerprint density at radius 2 is 1.97 bits per heavy atom. The van der Waals surface area contributed by atoms with Crippen LogP contribution >= 0.6 is 0 Å². The zero-order valence-corrected chi connectivity index (χ0v) is 19.4. The molecule has 1 heterocycles. The van der Waals surface area contributed by atoms with E-state index >= 15 is 0 Å². The lowest BCUT2D eigenvalue weighted by Gasteiger charge is -2.34. The number of carbonyl (C=O) groups excluding carboxylic acids is 2. The third-order valence-corrected chi connectivity index (χ3v) is 5.88. The van der Waals surface area contributed by atoms with Gasteiger partial charge in [-0.2, -0.15) is 0 Å². The van der Waals surface area contributed by atoms with E-state index in [1.807, 2.05) is 32.9 Å². The van der Waals surface area contributed by atoms with Gasteiger partial charge in [-0.3, -0.25) is 9.59 Å². The van der Waals surface area contributed by atoms with Crippen molar-refractivity contribution in [1.29, 1.82) is 0 Å². The fourth-order valence-electron chi connectivity index (χ4n) is 3.82. The highest BCUT2D eigenvalue weighted by atomic mass is 16.3. The number of aryl methyl sites for hydroxylation is 2. The van der Waals surface area contributed by atoms with Gasteiger partial charge in [0, 0.05) is 17.4 Å². The van der Waals surface area contributed by atoms with Crippen molar-refractivity contribution in [2.24, 2.45) is 5.73 Å². The second-order valence-electron chi connectivity index (χ2n) is 8.70. The molecule has 0 aliphatic heterocycles. The van der Waals surface area contributed by atoms with E-state index in [9.17, 15) is 14.7 Å². The smallest absolute Gasteiger partial charge is 0.271 e. The molecule has 0 atom stereocenters. The van der Waals surface area contributed by atoms with Crippen LogP contribution in [0.25, 0.3) is 0 Å². The van der Waals surface area contributed by atoms with Crippen LogP contribution in [0.15, 0.2) is 30.9 Å². The summed E-state index contributed by atoms with van der Waals surface area (Å²) >= 11 is 0. The summed E-state index contributed by atoms with van der Waals surface area (Å²) < 4.78 is 0. The van der Waals surface area contributed by atoms with Crippen molar-refractivity contribution in [3.8, 4) is 0 Å². The highest BCUT2D eigenvalue weighted by molar-refractivity contribution is 6.00. The van der Waals surface area contributed by atoms with Crippen LogP contribution in [-0.2, 0) is 11.2 Å². The topological polar surface area (TPSA) is 142 Å². The fourth-order valence-corrected chi connectivity index (χ4v) is 3.82. The average Bonchev–Trinajstić information content (AvgIpc) is 2.77. The van der Waals surface area contributed by atoms with Crippen molar-refractivity contribution >= 4 is 34.8 Å². The maximum absolute atomic E-state index is 12.1. The van der Waals surface area contributed by atoms with Gasteiger partial charge in [-0.05, 0) is 69.7 Å². The Balaban J connectivity index is 1.91. The Morgan fingerprint density at radius 3 is 2.58 bits per heavy atom. The number of rotatable bonds is 8. The number of nitrogens with one attached hydrogen (secondary N) is 3. The Kier molecular flexibility index (Phi) is 7.33. The minimum atomic E-state index is -0.688. The maximum atomic E-state index is 12.1. The summed E-state index contributed by atoms with van der Waals surface area (Å²) in [7, 11) is 0. The van der Waals surface area contributed by atoms with Gasteiger partial charge in [-0.25, -0.2) is 9.97 Å². The van der Waals surface area contributed by atoms with E-state index < -0.39 is 11.5 Å². The molecule has 176 valence electrons. The average molecular weight is 453 g/mol. The molecular weight excluding hydrogens is 420 g/mol. The zero-order valence-electron chi connectivity index (χ0n) is 19.4. The van der Waals surface area contributed by atoms with Crippen LogP contribution in [0.3, 0.4) is 0 Å². The summed E-state index contributed by atoms with van der Waals surface area (Å²) in [6.07, 6.45) is 4.79. The zero-order chi connectivity index (χ0) is 24.2. The van der Waals surface area contributed by atoms with Gasteiger partial charge in [0.25, 0.3) is 5.91 Å². The number of aromatic nitrogens is 2. The molecule has 1 fully saturated rings. The van der Waals surface area contributed by atoms with Gasteiger partial charge >= 0.3 is 0 Å². The molecule has 9 nitrogen and oxygen atoms in total. The van der Waals surface area contributed by atoms with Crippen molar-refractivity contribution in [3.05, 3.63) is 47.8 Å². The fraction of sp³-hybridized carbons (Fsp3) is 0.417. The van der Waals surface area contributed by atoms with Gasteiger partial charge in [-0.15, -0.1) is 0 Å². The number of nitrogens with zero attached hydrogens (tertiary/aromatic N) is 2. The Labute approximate surface area is 193 Å². The molecule has 0 saturated heterocycles. The molecule has 1 aliphatic rings. The highest BCUT2D eigenvalue weighted by Gasteiger charge is 2.29. The van der Waals surface area contributed by atoms with Crippen LogP contribution in [-0.4, -0.2) is 38.5 Å². The SMILES string of the molecule is C=CC(=O)Nc1cc(Nc2nc(N[C@H]3CC[C@](C)(O)CC3)c(CC)nc2C(N)=O)ccc1C.